The van der Waals surface area contributed by atoms with E-state index < -0.39 is 0 Å². The molecule has 3 rings (SSSR count). The van der Waals surface area contributed by atoms with E-state index in [1.54, 1.807) is 0 Å². The summed E-state index contributed by atoms with van der Waals surface area (Å²) < 4.78 is 0. The van der Waals surface area contributed by atoms with E-state index in [0.717, 1.165) is 29.9 Å². The molecule has 2 aliphatic rings. The van der Waals surface area contributed by atoms with Crippen molar-refractivity contribution in [2.75, 3.05) is 6.54 Å². The van der Waals surface area contributed by atoms with Crippen molar-refractivity contribution in [1.82, 2.24) is 0 Å². The second kappa shape index (κ2) is 4.52. The number of nitrogens with zero attached hydrogens (tertiary/aromatic N) is 1. The fourth-order valence-electron chi connectivity index (χ4n) is 2.64. The molecule has 0 spiro atoms. The Morgan fingerprint density at radius 2 is 1.71 bits per heavy atom. The molecule has 0 heterocycles. The first-order valence-corrected chi connectivity index (χ1v) is 6.70. The van der Waals surface area contributed by atoms with Gasteiger partial charge in [-0.15, -0.1) is 0 Å². The first-order chi connectivity index (χ1) is 8.34. The average Bonchev–Trinajstić information content (AvgIpc) is 3.24. The summed E-state index contributed by atoms with van der Waals surface area (Å²) in [6.07, 6.45) is 5.67. The van der Waals surface area contributed by atoms with Crippen molar-refractivity contribution < 1.29 is 0 Å². The monoisotopic (exact) mass is 228 g/mol. The van der Waals surface area contributed by atoms with Crippen LogP contribution in [-0.4, -0.2) is 12.4 Å². The molecule has 0 amide bonds. The number of benzene rings is 1. The topological polar surface area (TPSA) is 38.4 Å². The van der Waals surface area contributed by atoms with E-state index in [0.29, 0.717) is 5.84 Å². The van der Waals surface area contributed by atoms with Crippen LogP contribution in [0.3, 0.4) is 0 Å². The zero-order valence-electron chi connectivity index (χ0n) is 10.2. The number of hydrogen-bond acceptors (Lipinski definition) is 1. The van der Waals surface area contributed by atoms with Gasteiger partial charge in [0.25, 0.3) is 0 Å². The normalized spacial score (nSPS) is 20.9. The van der Waals surface area contributed by atoms with Crippen molar-refractivity contribution in [2.24, 2.45) is 28.5 Å². The minimum atomic E-state index is 0.705. The second-order valence-electron chi connectivity index (χ2n) is 5.43. The van der Waals surface area contributed by atoms with Crippen molar-refractivity contribution in [3.05, 3.63) is 35.9 Å². The molecule has 0 radical (unpaired) electrons. The van der Waals surface area contributed by atoms with Crippen LogP contribution < -0.4 is 5.73 Å². The molecule has 1 aromatic carbocycles. The predicted octanol–water partition coefficient (Wildman–Crippen LogP) is 2.83. The summed E-state index contributed by atoms with van der Waals surface area (Å²) in [4.78, 5) is 4.61. The first-order valence-electron chi connectivity index (χ1n) is 6.70. The number of aliphatic imine (C=N–C) groups is 1. The van der Waals surface area contributed by atoms with Crippen molar-refractivity contribution in [2.45, 2.75) is 25.7 Å². The van der Waals surface area contributed by atoms with Gasteiger partial charge in [0, 0.05) is 12.1 Å². The number of amidine groups is 1. The Labute approximate surface area is 103 Å². The quantitative estimate of drug-likeness (QED) is 0.611. The third-order valence-corrected chi connectivity index (χ3v) is 4.00. The highest BCUT2D eigenvalue weighted by Gasteiger charge is 2.40. The molecule has 2 fully saturated rings. The van der Waals surface area contributed by atoms with Crippen molar-refractivity contribution >= 4 is 5.84 Å². The van der Waals surface area contributed by atoms with Crippen LogP contribution in [0.5, 0.6) is 0 Å². The van der Waals surface area contributed by atoms with Gasteiger partial charge in [0.15, 0.2) is 0 Å². The van der Waals surface area contributed by atoms with Crippen LogP contribution in [0.2, 0.25) is 0 Å². The van der Waals surface area contributed by atoms with E-state index in [4.69, 9.17) is 5.73 Å². The minimum Gasteiger partial charge on any atom is -0.384 e. The molecule has 2 heteroatoms. The van der Waals surface area contributed by atoms with E-state index in [-0.39, 0.29) is 0 Å². The molecular weight excluding hydrogens is 208 g/mol. The van der Waals surface area contributed by atoms with E-state index in [9.17, 15) is 0 Å². The first kappa shape index (κ1) is 10.8. The zero-order valence-corrected chi connectivity index (χ0v) is 10.2. The SMILES string of the molecule is NC(=NCC(C1CC1)C1CC1)c1ccccc1. The molecule has 2 saturated carbocycles. The fraction of sp³-hybridized carbons (Fsp3) is 0.533. The van der Waals surface area contributed by atoms with Crippen molar-refractivity contribution in [3.63, 3.8) is 0 Å². The van der Waals surface area contributed by atoms with Crippen LogP contribution in [-0.2, 0) is 0 Å². The molecular formula is C15H20N2. The summed E-state index contributed by atoms with van der Waals surface area (Å²) in [5.41, 5.74) is 7.09. The minimum absolute atomic E-state index is 0.705. The third kappa shape index (κ3) is 2.68. The van der Waals surface area contributed by atoms with Crippen LogP contribution in [0, 0.1) is 17.8 Å². The maximum absolute atomic E-state index is 6.03. The highest BCUT2D eigenvalue weighted by molar-refractivity contribution is 5.97. The van der Waals surface area contributed by atoms with E-state index in [1.807, 2.05) is 30.3 Å². The molecule has 0 atom stereocenters. The van der Waals surface area contributed by atoms with E-state index in [2.05, 4.69) is 4.99 Å². The molecule has 0 saturated heterocycles. The number of hydrogen-bond donors (Lipinski definition) is 1. The van der Waals surface area contributed by atoms with Crippen LogP contribution in [0.1, 0.15) is 31.2 Å². The van der Waals surface area contributed by atoms with Crippen LogP contribution >= 0.6 is 0 Å². The van der Waals surface area contributed by atoms with Gasteiger partial charge in [-0.05, 0) is 43.4 Å². The molecule has 0 aromatic heterocycles. The standard InChI is InChI=1S/C15H20N2/c16-15(13-4-2-1-3-5-13)17-10-14(11-6-7-11)12-8-9-12/h1-5,11-12,14H,6-10H2,(H2,16,17). The average molecular weight is 228 g/mol. The Kier molecular flexibility index (Phi) is 2.87. The summed E-state index contributed by atoms with van der Waals surface area (Å²) >= 11 is 0. The third-order valence-electron chi connectivity index (χ3n) is 4.00. The lowest BCUT2D eigenvalue weighted by molar-refractivity contribution is 0.418. The maximum atomic E-state index is 6.03. The molecule has 0 bridgehead atoms. The van der Waals surface area contributed by atoms with Gasteiger partial charge in [-0.3, -0.25) is 4.99 Å². The smallest absolute Gasteiger partial charge is 0.125 e. The second-order valence-corrected chi connectivity index (χ2v) is 5.43. The van der Waals surface area contributed by atoms with Crippen LogP contribution in [0.15, 0.2) is 35.3 Å². The van der Waals surface area contributed by atoms with Gasteiger partial charge in [-0.25, -0.2) is 0 Å². The molecule has 2 N–H and O–H groups in total. The van der Waals surface area contributed by atoms with Crippen LogP contribution in [0.25, 0.3) is 0 Å². The zero-order chi connectivity index (χ0) is 11.7. The summed E-state index contributed by atoms with van der Waals surface area (Å²) in [5.74, 6) is 3.43. The number of nitrogens with two attached hydrogens (primary N) is 1. The highest BCUT2D eigenvalue weighted by atomic mass is 14.9. The molecule has 90 valence electrons. The fourth-order valence-corrected chi connectivity index (χ4v) is 2.64. The Bertz CT molecular complexity index is 390. The molecule has 0 aliphatic heterocycles. The summed E-state index contributed by atoms with van der Waals surface area (Å²) in [7, 11) is 0. The Morgan fingerprint density at radius 1 is 1.12 bits per heavy atom. The highest BCUT2D eigenvalue weighted by Crippen LogP contribution is 2.49. The Balaban J connectivity index is 1.64. The van der Waals surface area contributed by atoms with Crippen molar-refractivity contribution in [3.8, 4) is 0 Å². The molecule has 0 unspecified atom stereocenters. The molecule has 17 heavy (non-hydrogen) atoms. The Morgan fingerprint density at radius 3 is 2.24 bits per heavy atom. The lowest BCUT2D eigenvalue weighted by atomic mass is 9.98. The lowest BCUT2D eigenvalue weighted by Crippen LogP contribution is -2.17. The Hall–Kier alpha value is -1.31. The van der Waals surface area contributed by atoms with Gasteiger partial charge in [0.05, 0.1) is 0 Å². The predicted molar refractivity (Wildman–Crippen MR) is 71.0 cm³/mol. The van der Waals surface area contributed by atoms with Gasteiger partial charge >= 0.3 is 0 Å². The molecule has 1 aromatic rings. The van der Waals surface area contributed by atoms with Gasteiger partial charge in [-0.1, -0.05) is 30.3 Å². The summed E-state index contributed by atoms with van der Waals surface area (Å²) in [6.45, 7) is 0.941. The maximum Gasteiger partial charge on any atom is 0.125 e. The van der Waals surface area contributed by atoms with Crippen molar-refractivity contribution in [1.29, 1.82) is 0 Å². The summed E-state index contributed by atoms with van der Waals surface area (Å²) in [5, 5.41) is 0. The van der Waals surface area contributed by atoms with Crippen LogP contribution in [0.4, 0.5) is 0 Å². The van der Waals surface area contributed by atoms with Gasteiger partial charge in [0.2, 0.25) is 0 Å². The van der Waals surface area contributed by atoms with Gasteiger partial charge in [-0.2, -0.15) is 0 Å². The molecule has 2 nitrogen and oxygen atoms in total. The van der Waals surface area contributed by atoms with E-state index in [1.165, 1.54) is 25.7 Å². The van der Waals surface area contributed by atoms with Gasteiger partial charge in [0.1, 0.15) is 5.84 Å². The summed E-state index contributed by atoms with van der Waals surface area (Å²) in [6, 6.07) is 10.1. The van der Waals surface area contributed by atoms with E-state index >= 15 is 0 Å². The van der Waals surface area contributed by atoms with Gasteiger partial charge < -0.3 is 5.73 Å². The lowest BCUT2D eigenvalue weighted by Gasteiger charge is -2.12. The largest absolute Gasteiger partial charge is 0.384 e. The molecule has 2 aliphatic carbocycles. The number of rotatable bonds is 5.